The second kappa shape index (κ2) is 5.13. The van der Waals surface area contributed by atoms with Gasteiger partial charge in [-0.3, -0.25) is 0 Å². The third-order valence-corrected chi connectivity index (χ3v) is 3.50. The molecular weight excluding hydrogens is 278 g/mol. The van der Waals surface area contributed by atoms with E-state index < -0.39 is 0 Å². The summed E-state index contributed by atoms with van der Waals surface area (Å²) in [5.41, 5.74) is 2.62. The van der Waals surface area contributed by atoms with Gasteiger partial charge in [0.25, 0.3) is 0 Å². The minimum Gasteiger partial charge on any atom is -0.437 e. The minimum absolute atomic E-state index is 0.176. The van der Waals surface area contributed by atoms with Crippen LogP contribution in [0.5, 0.6) is 0 Å². The molecule has 0 aliphatic carbocycles. The van der Waals surface area contributed by atoms with E-state index in [1.54, 1.807) is 0 Å². The van der Waals surface area contributed by atoms with E-state index in [1.807, 2.05) is 59.3 Å². The van der Waals surface area contributed by atoms with E-state index in [0.29, 0.717) is 17.3 Å². The summed E-state index contributed by atoms with van der Waals surface area (Å²) >= 11 is 0. The van der Waals surface area contributed by atoms with Crippen molar-refractivity contribution < 1.29 is 9.52 Å². The number of hydrogen-bond donors (Lipinski definition) is 1. The monoisotopic (exact) mass is 291 g/mol. The fraction of sp³-hybridized carbons (Fsp3) is 0.0588. The highest BCUT2D eigenvalue weighted by atomic mass is 16.4. The molecule has 0 atom stereocenters. The van der Waals surface area contributed by atoms with Crippen LogP contribution < -0.4 is 0 Å². The number of para-hydroxylation sites is 2. The average molecular weight is 291 g/mol. The van der Waals surface area contributed by atoms with Crippen LogP contribution in [0.3, 0.4) is 0 Å². The predicted octanol–water partition coefficient (Wildman–Crippen LogP) is 3.17. The summed E-state index contributed by atoms with van der Waals surface area (Å²) in [6.45, 7) is -0.176. The number of benzene rings is 2. The van der Waals surface area contributed by atoms with Gasteiger partial charge in [0, 0.05) is 5.39 Å². The van der Waals surface area contributed by atoms with Gasteiger partial charge < -0.3 is 9.52 Å². The lowest BCUT2D eigenvalue weighted by atomic mass is 10.2. The maximum absolute atomic E-state index is 9.13. The van der Waals surface area contributed by atoms with Crippen molar-refractivity contribution in [2.75, 3.05) is 0 Å². The molecule has 1 N–H and O–H groups in total. The predicted molar refractivity (Wildman–Crippen MR) is 82.5 cm³/mol. The van der Waals surface area contributed by atoms with Crippen LogP contribution in [-0.4, -0.2) is 19.9 Å². The number of hydrogen-bond acceptors (Lipinski definition) is 4. The average Bonchev–Trinajstić information content (AvgIpc) is 3.20. The van der Waals surface area contributed by atoms with Crippen LogP contribution in [-0.2, 0) is 6.61 Å². The zero-order valence-corrected chi connectivity index (χ0v) is 11.7. The van der Waals surface area contributed by atoms with E-state index in [-0.39, 0.29) is 6.61 Å². The molecule has 0 bridgehead atoms. The molecule has 0 unspecified atom stereocenters. The van der Waals surface area contributed by atoms with Gasteiger partial charge in [-0.2, -0.15) is 5.10 Å². The molecule has 2 heterocycles. The Hall–Kier alpha value is -2.92. The van der Waals surface area contributed by atoms with E-state index in [2.05, 4.69) is 10.1 Å². The largest absolute Gasteiger partial charge is 0.437 e. The van der Waals surface area contributed by atoms with E-state index in [9.17, 15) is 0 Å². The number of oxazole rings is 1. The molecule has 0 fully saturated rings. The van der Waals surface area contributed by atoms with Crippen molar-refractivity contribution in [2.24, 2.45) is 0 Å². The van der Waals surface area contributed by atoms with Crippen LogP contribution >= 0.6 is 0 Å². The first-order valence-electron chi connectivity index (χ1n) is 6.96. The van der Waals surface area contributed by atoms with E-state index in [4.69, 9.17) is 9.52 Å². The SMILES string of the molecule is OCc1cnc(-c2nn(-c3ccccc3)c3ccccc23)o1. The van der Waals surface area contributed by atoms with Crippen molar-refractivity contribution in [2.45, 2.75) is 6.61 Å². The van der Waals surface area contributed by atoms with Crippen LogP contribution in [0.25, 0.3) is 28.2 Å². The first-order valence-corrected chi connectivity index (χ1v) is 6.96. The van der Waals surface area contributed by atoms with Gasteiger partial charge in [0.2, 0.25) is 5.89 Å². The molecule has 5 heteroatoms. The molecule has 0 aliphatic rings. The fourth-order valence-corrected chi connectivity index (χ4v) is 2.48. The summed E-state index contributed by atoms with van der Waals surface area (Å²) in [6.07, 6.45) is 1.52. The first-order chi connectivity index (χ1) is 10.9. The molecular formula is C17H13N3O2. The van der Waals surface area contributed by atoms with E-state index in [1.165, 1.54) is 6.20 Å². The molecule has 0 saturated heterocycles. The summed E-state index contributed by atoms with van der Waals surface area (Å²) in [6, 6.07) is 17.8. The van der Waals surface area contributed by atoms with Crippen molar-refractivity contribution in [3.63, 3.8) is 0 Å². The number of rotatable bonds is 3. The Bertz CT molecular complexity index is 925. The number of aromatic nitrogens is 3. The molecule has 5 nitrogen and oxygen atoms in total. The number of aliphatic hydroxyl groups is 1. The van der Waals surface area contributed by atoms with Crippen molar-refractivity contribution in [1.29, 1.82) is 0 Å². The maximum atomic E-state index is 9.13. The normalized spacial score (nSPS) is 11.1. The Balaban J connectivity index is 1.97. The molecule has 4 rings (SSSR count). The number of fused-ring (bicyclic) bond motifs is 1. The van der Waals surface area contributed by atoms with Crippen molar-refractivity contribution in [1.82, 2.24) is 14.8 Å². The highest BCUT2D eigenvalue weighted by Crippen LogP contribution is 2.29. The third-order valence-electron chi connectivity index (χ3n) is 3.50. The Morgan fingerprint density at radius 1 is 1.00 bits per heavy atom. The Morgan fingerprint density at radius 3 is 2.55 bits per heavy atom. The second-order valence-corrected chi connectivity index (χ2v) is 4.90. The highest BCUT2D eigenvalue weighted by molar-refractivity contribution is 5.92. The lowest BCUT2D eigenvalue weighted by Crippen LogP contribution is -1.95. The summed E-state index contributed by atoms with van der Waals surface area (Å²) in [5, 5.41) is 14.7. The first kappa shape index (κ1) is 12.8. The van der Waals surface area contributed by atoms with Crippen molar-refractivity contribution in [3.8, 4) is 17.3 Å². The molecule has 4 aromatic rings. The minimum atomic E-state index is -0.176. The zero-order chi connectivity index (χ0) is 14.9. The van der Waals surface area contributed by atoms with Gasteiger partial charge in [-0.15, -0.1) is 0 Å². The molecule has 2 aromatic carbocycles. The fourth-order valence-electron chi connectivity index (χ4n) is 2.48. The summed E-state index contributed by atoms with van der Waals surface area (Å²) in [4.78, 5) is 4.21. The van der Waals surface area contributed by atoms with Crippen LogP contribution in [0.1, 0.15) is 5.76 Å². The second-order valence-electron chi connectivity index (χ2n) is 4.90. The molecule has 0 amide bonds. The lowest BCUT2D eigenvalue weighted by molar-refractivity contribution is 0.248. The van der Waals surface area contributed by atoms with Crippen LogP contribution in [0.4, 0.5) is 0 Å². The molecule has 0 radical (unpaired) electrons. The Morgan fingerprint density at radius 2 is 1.77 bits per heavy atom. The van der Waals surface area contributed by atoms with Gasteiger partial charge in [-0.05, 0) is 18.2 Å². The number of aliphatic hydroxyl groups excluding tert-OH is 1. The summed E-state index contributed by atoms with van der Waals surface area (Å²) in [5.74, 6) is 0.836. The lowest BCUT2D eigenvalue weighted by Gasteiger charge is -2.01. The molecule has 22 heavy (non-hydrogen) atoms. The van der Waals surface area contributed by atoms with Crippen LogP contribution in [0.2, 0.25) is 0 Å². The van der Waals surface area contributed by atoms with Gasteiger partial charge in [0.05, 0.1) is 17.4 Å². The van der Waals surface area contributed by atoms with E-state index in [0.717, 1.165) is 16.6 Å². The van der Waals surface area contributed by atoms with Gasteiger partial charge >= 0.3 is 0 Å². The van der Waals surface area contributed by atoms with Gasteiger partial charge in [-0.1, -0.05) is 36.4 Å². The highest BCUT2D eigenvalue weighted by Gasteiger charge is 2.17. The van der Waals surface area contributed by atoms with Crippen molar-refractivity contribution in [3.05, 3.63) is 66.6 Å². The quantitative estimate of drug-likeness (QED) is 0.629. The standard InChI is InChI=1S/C17H13N3O2/c21-11-13-10-18-17(22-13)16-14-8-4-5-9-15(14)20(19-16)12-6-2-1-3-7-12/h1-10,21H,11H2. The summed E-state index contributed by atoms with van der Waals surface area (Å²) < 4.78 is 7.41. The van der Waals surface area contributed by atoms with Gasteiger partial charge in [0.1, 0.15) is 12.4 Å². The van der Waals surface area contributed by atoms with Crippen LogP contribution in [0.15, 0.2) is 65.2 Å². The topological polar surface area (TPSA) is 64.1 Å². The molecule has 2 aromatic heterocycles. The van der Waals surface area contributed by atoms with Crippen molar-refractivity contribution >= 4 is 10.9 Å². The van der Waals surface area contributed by atoms with Gasteiger partial charge in [0.15, 0.2) is 5.69 Å². The zero-order valence-electron chi connectivity index (χ0n) is 11.7. The Kier molecular flexibility index (Phi) is 2.98. The summed E-state index contributed by atoms with van der Waals surface area (Å²) in [7, 11) is 0. The smallest absolute Gasteiger partial charge is 0.247 e. The Labute approximate surface area is 126 Å². The molecule has 0 spiro atoms. The van der Waals surface area contributed by atoms with E-state index >= 15 is 0 Å². The number of nitrogens with zero attached hydrogens (tertiary/aromatic N) is 3. The molecule has 0 aliphatic heterocycles. The maximum Gasteiger partial charge on any atom is 0.247 e. The third kappa shape index (κ3) is 1.99. The van der Waals surface area contributed by atoms with Crippen LogP contribution in [0, 0.1) is 0 Å². The molecule has 0 saturated carbocycles. The molecule has 108 valence electrons. The van der Waals surface area contributed by atoms with Gasteiger partial charge in [-0.25, -0.2) is 9.67 Å².